The Bertz CT molecular complexity index is 327. The fourth-order valence-electron chi connectivity index (χ4n) is 2.19. The summed E-state index contributed by atoms with van der Waals surface area (Å²) < 4.78 is 0. The van der Waals surface area contributed by atoms with Crippen LogP contribution in [0.4, 0.5) is 0 Å². The summed E-state index contributed by atoms with van der Waals surface area (Å²) in [7, 11) is 0. The molecule has 1 N–H and O–H groups in total. The van der Waals surface area contributed by atoms with Crippen molar-refractivity contribution in [2.24, 2.45) is 0 Å². The molecule has 0 radical (unpaired) electrons. The summed E-state index contributed by atoms with van der Waals surface area (Å²) in [5.41, 5.74) is 0. The van der Waals surface area contributed by atoms with Crippen molar-refractivity contribution in [1.82, 2.24) is 0 Å². The highest BCUT2D eigenvalue weighted by Gasteiger charge is 1.92. The van der Waals surface area contributed by atoms with E-state index in [1.165, 1.54) is 44.9 Å². The van der Waals surface area contributed by atoms with E-state index in [1.807, 2.05) is 0 Å². The van der Waals surface area contributed by atoms with E-state index in [-0.39, 0.29) is 6.42 Å². The molecular formula is C20H34O2. The minimum atomic E-state index is -0.707. The van der Waals surface area contributed by atoms with Crippen LogP contribution in [0.25, 0.3) is 0 Å². The van der Waals surface area contributed by atoms with E-state index >= 15 is 0 Å². The molecule has 0 saturated heterocycles. The van der Waals surface area contributed by atoms with Crippen molar-refractivity contribution in [2.75, 3.05) is 0 Å². The molecule has 0 spiro atoms. The molecule has 0 fully saturated rings. The van der Waals surface area contributed by atoms with Crippen LogP contribution >= 0.6 is 0 Å². The molecule has 0 amide bonds. The number of aliphatic carboxylic acids is 1. The maximum absolute atomic E-state index is 10.3. The Kier molecular flexibility index (Phi) is 16.7. The van der Waals surface area contributed by atoms with Crippen LogP contribution in [-0.4, -0.2) is 11.1 Å². The van der Waals surface area contributed by atoms with E-state index < -0.39 is 5.97 Å². The third-order valence-corrected chi connectivity index (χ3v) is 3.53. The lowest BCUT2D eigenvalue weighted by Gasteiger charge is -1.97. The van der Waals surface area contributed by atoms with Gasteiger partial charge in [-0.15, -0.1) is 0 Å². The first-order valence-electron chi connectivity index (χ1n) is 8.94. The van der Waals surface area contributed by atoms with Crippen molar-refractivity contribution in [1.29, 1.82) is 0 Å². The number of carbonyl (C=O) groups is 1. The van der Waals surface area contributed by atoms with Crippen LogP contribution in [0.15, 0.2) is 36.5 Å². The molecule has 0 bridgehead atoms. The van der Waals surface area contributed by atoms with Crippen molar-refractivity contribution in [3.8, 4) is 0 Å². The first-order chi connectivity index (χ1) is 10.8. The fourth-order valence-corrected chi connectivity index (χ4v) is 2.19. The van der Waals surface area contributed by atoms with Gasteiger partial charge in [0.1, 0.15) is 0 Å². The summed E-state index contributed by atoms with van der Waals surface area (Å²) >= 11 is 0. The number of rotatable bonds is 15. The molecule has 0 unspecified atom stereocenters. The van der Waals surface area contributed by atoms with Crippen LogP contribution in [0, 0.1) is 0 Å². The summed E-state index contributed by atoms with van der Waals surface area (Å²) in [4.78, 5) is 10.3. The lowest BCUT2D eigenvalue weighted by atomic mass is 10.1. The van der Waals surface area contributed by atoms with Crippen molar-refractivity contribution >= 4 is 5.97 Å². The quantitative estimate of drug-likeness (QED) is 0.279. The second-order valence-corrected chi connectivity index (χ2v) is 5.73. The third kappa shape index (κ3) is 18.7. The van der Waals surface area contributed by atoms with Gasteiger partial charge in [0.05, 0.1) is 0 Å². The molecule has 0 aliphatic rings. The number of hydrogen-bond acceptors (Lipinski definition) is 1. The van der Waals surface area contributed by atoms with Crippen LogP contribution in [0.1, 0.15) is 84.0 Å². The number of carboxylic acid groups (broad SMARTS) is 1. The molecule has 0 heterocycles. The molecule has 126 valence electrons. The summed E-state index contributed by atoms with van der Waals surface area (Å²) in [6, 6.07) is 0. The van der Waals surface area contributed by atoms with Crippen molar-refractivity contribution in [3.63, 3.8) is 0 Å². The van der Waals surface area contributed by atoms with Crippen LogP contribution < -0.4 is 0 Å². The fraction of sp³-hybridized carbons (Fsp3) is 0.650. The Morgan fingerprint density at radius 2 is 1.23 bits per heavy atom. The molecule has 0 aliphatic carbocycles. The van der Waals surface area contributed by atoms with Gasteiger partial charge in [0.2, 0.25) is 0 Å². The van der Waals surface area contributed by atoms with Gasteiger partial charge < -0.3 is 5.11 Å². The summed E-state index contributed by atoms with van der Waals surface area (Å²) in [6.07, 6.45) is 26.3. The second kappa shape index (κ2) is 17.7. The van der Waals surface area contributed by atoms with E-state index in [0.717, 1.165) is 25.7 Å². The van der Waals surface area contributed by atoms with E-state index in [9.17, 15) is 4.79 Å². The SMILES string of the molecule is CCCCCCCC/C=C\C/C=C/C/C=C/CCCC(=O)O. The number of allylic oxidation sites excluding steroid dienone is 6. The number of unbranched alkanes of at least 4 members (excludes halogenated alkanes) is 7. The highest BCUT2D eigenvalue weighted by Crippen LogP contribution is 2.07. The molecule has 0 aromatic heterocycles. The van der Waals surface area contributed by atoms with Gasteiger partial charge in [-0.2, -0.15) is 0 Å². The second-order valence-electron chi connectivity index (χ2n) is 5.73. The summed E-state index contributed by atoms with van der Waals surface area (Å²) in [5, 5.41) is 8.50. The minimum absolute atomic E-state index is 0.267. The molecule has 2 heteroatoms. The van der Waals surface area contributed by atoms with Crippen LogP contribution in [-0.2, 0) is 4.79 Å². The minimum Gasteiger partial charge on any atom is -0.481 e. The predicted molar refractivity (Wildman–Crippen MR) is 96.1 cm³/mol. The zero-order chi connectivity index (χ0) is 16.3. The van der Waals surface area contributed by atoms with Gasteiger partial charge in [-0.25, -0.2) is 0 Å². The number of carboxylic acids is 1. The largest absolute Gasteiger partial charge is 0.481 e. The van der Waals surface area contributed by atoms with Gasteiger partial charge in [-0.05, 0) is 38.5 Å². The number of hydrogen-bond donors (Lipinski definition) is 1. The Balaban J connectivity index is 3.30. The normalized spacial score (nSPS) is 12.0. The highest BCUT2D eigenvalue weighted by molar-refractivity contribution is 5.66. The topological polar surface area (TPSA) is 37.3 Å². The van der Waals surface area contributed by atoms with Gasteiger partial charge in [0.15, 0.2) is 0 Å². The maximum Gasteiger partial charge on any atom is 0.303 e. The van der Waals surface area contributed by atoms with Crippen LogP contribution in [0.3, 0.4) is 0 Å². The van der Waals surface area contributed by atoms with Gasteiger partial charge >= 0.3 is 5.97 Å². The molecule has 0 saturated carbocycles. The Labute approximate surface area is 137 Å². The maximum atomic E-state index is 10.3. The highest BCUT2D eigenvalue weighted by atomic mass is 16.4. The van der Waals surface area contributed by atoms with Gasteiger partial charge in [0, 0.05) is 6.42 Å². The average molecular weight is 306 g/mol. The smallest absolute Gasteiger partial charge is 0.303 e. The lowest BCUT2D eigenvalue weighted by Crippen LogP contribution is -1.92. The summed E-state index contributed by atoms with van der Waals surface area (Å²) in [5.74, 6) is -0.707. The molecule has 0 aromatic rings. The van der Waals surface area contributed by atoms with E-state index in [0.29, 0.717) is 0 Å². The van der Waals surface area contributed by atoms with Crippen LogP contribution in [0.2, 0.25) is 0 Å². The van der Waals surface area contributed by atoms with E-state index in [4.69, 9.17) is 5.11 Å². The van der Waals surface area contributed by atoms with Crippen molar-refractivity contribution in [3.05, 3.63) is 36.5 Å². The molecule has 22 heavy (non-hydrogen) atoms. The molecule has 0 aromatic carbocycles. The molecular weight excluding hydrogens is 272 g/mol. The van der Waals surface area contributed by atoms with Crippen molar-refractivity contribution < 1.29 is 9.90 Å². The van der Waals surface area contributed by atoms with Crippen molar-refractivity contribution in [2.45, 2.75) is 84.0 Å². The molecule has 0 rings (SSSR count). The first-order valence-corrected chi connectivity index (χ1v) is 8.94. The first kappa shape index (κ1) is 20.7. The zero-order valence-corrected chi connectivity index (χ0v) is 14.3. The standard InChI is InChI=1S/C20H34O2/c1-2-3-4-5-6-7-8-9-10-11-12-13-14-15-16-17-18-19-20(21)22/h9-10,12-13,15-16H,2-8,11,14,17-19H2,1H3,(H,21,22)/b10-9-,13-12+,16-15+. The van der Waals surface area contributed by atoms with Gasteiger partial charge in [-0.1, -0.05) is 75.5 Å². The van der Waals surface area contributed by atoms with Gasteiger partial charge in [-0.3, -0.25) is 4.79 Å². The molecule has 2 nitrogen and oxygen atoms in total. The third-order valence-electron chi connectivity index (χ3n) is 3.53. The van der Waals surface area contributed by atoms with Crippen LogP contribution in [0.5, 0.6) is 0 Å². The Hall–Kier alpha value is -1.31. The Morgan fingerprint density at radius 3 is 1.82 bits per heavy atom. The molecule has 0 aliphatic heterocycles. The zero-order valence-electron chi connectivity index (χ0n) is 14.3. The Morgan fingerprint density at radius 1 is 0.727 bits per heavy atom. The lowest BCUT2D eigenvalue weighted by molar-refractivity contribution is -0.137. The van der Waals surface area contributed by atoms with E-state index in [2.05, 4.69) is 43.4 Å². The molecule has 0 atom stereocenters. The van der Waals surface area contributed by atoms with Gasteiger partial charge in [0.25, 0.3) is 0 Å². The summed E-state index contributed by atoms with van der Waals surface area (Å²) in [6.45, 7) is 2.26. The average Bonchev–Trinajstić information content (AvgIpc) is 2.50. The monoisotopic (exact) mass is 306 g/mol. The van der Waals surface area contributed by atoms with E-state index in [1.54, 1.807) is 0 Å². The predicted octanol–water partition coefficient (Wildman–Crippen LogP) is 6.44.